The van der Waals surface area contributed by atoms with Crippen molar-refractivity contribution >= 4 is 14.7 Å². The van der Waals surface area contributed by atoms with Gasteiger partial charge in [-0.05, 0) is 57.5 Å². The van der Waals surface area contributed by atoms with E-state index in [1.807, 2.05) is 45.0 Å². The predicted octanol–water partition coefficient (Wildman–Crippen LogP) is 5.40. The molecule has 1 rings (SSSR count). The summed E-state index contributed by atoms with van der Waals surface area (Å²) in [5.74, 6) is 1.20. The second-order valence-electron chi connectivity index (χ2n) is 6.61. The summed E-state index contributed by atoms with van der Waals surface area (Å²) in [4.78, 5) is 11.6. The Hall–Kier alpha value is -1.08. The highest BCUT2D eigenvalue weighted by molar-refractivity contribution is 7.37. The molecule has 2 atom stereocenters. The van der Waals surface area contributed by atoms with E-state index in [4.69, 9.17) is 9.47 Å². The summed E-state index contributed by atoms with van der Waals surface area (Å²) in [6.45, 7) is 12.2. The van der Waals surface area contributed by atoms with Crippen LogP contribution in [0.25, 0.3) is 0 Å². The SMILES string of the molecule is CPC(CC(C)C)c1ccc(OC(=O)OC(C)(C)C)cc1. The molecule has 1 aromatic rings. The zero-order valence-corrected chi connectivity index (χ0v) is 14.9. The van der Waals surface area contributed by atoms with Gasteiger partial charge >= 0.3 is 6.16 Å². The molecular weight excluding hydrogens is 283 g/mol. The molecule has 0 radical (unpaired) electrons. The molecule has 0 aliphatic carbocycles. The van der Waals surface area contributed by atoms with Crippen molar-refractivity contribution in [3.63, 3.8) is 0 Å². The second kappa shape index (κ2) is 7.79. The van der Waals surface area contributed by atoms with Gasteiger partial charge in [-0.2, -0.15) is 0 Å². The summed E-state index contributed by atoms with van der Waals surface area (Å²) in [5, 5.41) is 0. The van der Waals surface area contributed by atoms with E-state index in [0.29, 0.717) is 17.3 Å². The maximum Gasteiger partial charge on any atom is 0.514 e. The van der Waals surface area contributed by atoms with Crippen molar-refractivity contribution in [2.75, 3.05) is 6.66 Å². The molecule has 0 bridgehead atoms. The van der Waals surface area contributed by atoms with Crippen LogP contribution >= 0.6 is 8.58 Å². The minimum atomic E-state index is -0.661. The predicted molar refractivity (Wildman–Crippen MR) is 89.7 cm³/mol. The first-order valence-electron chi connectivity index (χ1n) is 7.39. The Bertz CT molecular complexity index is 446. The van der Waals surface area contributed by atoms with Crippen LogP contribution in [0.3, 0.4) is 0 Å². The molecule has 4 heteroatoms. The maximum atomic E-state index is 11.6. The van der Waals surface area contributed by atoms with E-state index in [9.17, 15) is 4.79 Å². The van der Waals surface area contributed by atoms with Crippen molar-refractivity contribution in [3.8, 4) is 5.75 Å². The first-order valence-corrected chi connectivity index (χ1v) is 8.97. The molecule has 0 saturated heterocycles. The van der Waals surface area contributed by atoms with Crippen LogP contribution < -0.4 is 4.74 Å². The second-order valence-corrected chi connectivity index (χ2v) is 7.88. The zero-order chi connectivity index (χ0) is 16.0. The van der Waals surface area contributed by atoms with Crippen LogP contribution in [0, 0.1) is 5.92 Å². The molecule has 0 heterocycles. The standard InChI is InChI=1S/C17H27O3P/c1-12(2)11-15(21-6)13-7-9-14(10-8-13)19-16(18)20-17(3,4)5/h7-10,12,15,21H,11H2,1-6H3. The molecule has 21 heavy (non-hydrogen) atoms. The third-order valence-electron chi connectivity index (χ3n) is 2.93. The average molecular weight is 310 g/mol. The van der Waals surface area contributed by atoms with Gasteiger partial charge in [-0.15, -0.1) is 8.58 Å². The van der Waals surface area contributed by atoms with E-state index in [1.54, 1.807) is 0 Å². The van der Waals surface area contributed by atoms with Gasteiger partial charge in [-0.1, -0.05) is 26.0 Å². The Morgan fingerprint density at radius 2 is 1.76 bits per heavy atom. The number of hydrogen-bond donors (Lipinski definition) is 0. The highest BCUT2D eigenvalue weighted by Crippen LogP contribution is 2.37. The molecule has 0 fully saturated rings. The maximum absolute atomic E-state index is 11.6. The van der Waals surface area contributed by atoms with Gasteiger partial charge in [-0.25, -0.2) is 4.79 Å². The number of carbonyl (C=O) groups excluding carboxylic acids is 1. The zero-order valence-electron chi connectivity index (χ0n) is 13.9. The molecule has 0 aliphatic rings. The minimum Gasteiger partial charge on any atom is -0.428 e. The van der Waals surface area contributed by atoms with Crippen LogP contribution in [0.2, 0.25) is 0 Å². The van der Waals surface area contributed by atoms with E-state index in [0.717, 1.165) is 8.58 Å². The van der Waals surface area contributed by atoms with Crippen LogP contribution in [0.15, 0.2) is 24.3 Å². The van der Waals surface area contributed by atoms with Crippen molar-refractivity contribution < 1.29 is 14.3 Å². The number of carbonyl (C=O) groups is 1. The largest absolute Gasteiger partial charge is 0.514 e. The Balaban J connectivity index is 2.67. The molecule has 1 aromatic carbocycles. The third kappa shape index (κ3) is 6.95. The van der Waals surface area contributed by atoms with E-state index < -0.39 is 11.8 Å². The highest BCUT2D eigenvalue weighted by Gasteiger charge is 2.18. The van der Waals surface area contributed by atoms with E-state index in [1.165, 1.54) is 12.0 Å². The van der Waals surface area contributed by atoms with Crippen LogP contribution in [-0.4, -0.2) is 18.4 Å². The molecule has 0 spiro atoms. The van der Waals surface area contributed by atoms with Crippen molar-refractivity contribution in [1.82, 2.24) is 0 Å². The molecule has 0 amide bonds. The van der Waals surface area contributed by atoms with Crippen LogP contribution in [0.5, 0.6) is 5.75 Å². The van der Waals surface area contributed by atoms with E-state index in [-0.39, 0.29) is 0 Å². The number of benzene rings is 1. The summed E-state index contributed by atoms with van der Waals surface area (Å²) in [7, 11) is 0.872. The summed E-state index contributed by atoms with van der Waals surface area (Å²) in [6, 6.07) is 7.77. The summed E-state index contributed by atoms with van der Waals surface area (Å²) in [6.07, 6.45) is 0.521. The van der Waals surface area contributed by atoms with Gasteiger partial charge in [0.25, 0.3) is 0 Å². The van der Waals surface area contributed by atoms with Crippen molar-refractivity contribution in [2.45, 2.75) is 52.3 Å². The lowest BCUT2D eigenvalue weighted by molar-refractivity contribution is 0.0206. The van der Waals surface area contributed by atoms with Crippen molar-refractivity contribution in [3.05, 3.63) is 29.8 Å². The molecule has 118 valence electrons. The Morgan fingerprint density at radius 1 is 1.19 bits per heavy atom. The van der Waals surface area contributed by atoms with Crippen LogP contribution in [0.1, 0.15) is 52.3 Å². The third-order valence-corrected chi connectivity index (χ3v) is 4.19. The van der Waals surface area contributed by atoms with Gasteiger partial charge in [0.1, 0.15) is 11.4 Å². The minimum absolute atomic E-state index is 0.524. The van der Waals surface area contributed by atoms with Gasteiger partial charge in [0.15, 0.2) is 0 Å². The lowest BCUT2D eigenvalue weighted by Crippen LogP contribution is -2.25. The molecule has 0 N–H and O–H groups in total. The van der Waals surface area contributed by atoms with E-state index >= 15 is 0 Å². The number of hydrogen-bond acceptors (Lipinski definition) is 3. The monoisotopic (exact) mass is 310 g/mol. The summed E-state index contributed by atoms with van der Waals surface area (Å²) >= 11 is 0. The molecule has 0 aromatic heterocycles. The van der Waals surface area contributed by atoms with Crippen LogP contribution in [0.4, 0.5) is 4.79 Å². The van der Waals surface area contributed by atoms with Crippen LogP contribution in [-0.2, 0) is 4.74 Å². The average Bonchev–Trinajstić information content (AvgIpc) is 2.34. The molecule has 3 nitrogen and oxygen atoms in total. The highest BCUT2D eigenvalue weighted by atomic mass is 31.1. The Labute approximate surface area is 130 Å². The summed E-state index contributed by atoms with van der Waals surface area (Å²) < 4.78 is 10.3. The molecular formula is C17H27O3P. The fourth-order valence-corrected chi connectivity index (χ4v) is 3.26. The Morgan fingerprint density at radius 3 is 2.19 bits per heavy atom. The fraction of sp³-hybridized carbons (Fsp3) is 0.588. The molecule has 0 aliphatic heterocycles. The van der Waals surface area contributed by atoms with Gasteiger partial charge in [-0.3, -0.25) is 0 Å². The first-order chi connectivity index (χ1) is 9.71. The number of ether oxygens (including phenoxy) is 2. The number of rotatable bonds is 5. The normalized spacial score (nSPS) is 13.7. The topological polar surface area (TPSA) is 35.5 Å². The van der Waals surface area contributed by atoms with Gasteiger partial charge in [0, 0.05) is 5.66 Å². The van der Waals surface area contributed by atoms with Gasteiger partial charge < -0.3 is 9.47 Å². The van der Waals surface area contributed by atoms with E-state index in [2.05, 4.69) is 20.5 Å². The fourth-order valence-electron chi connectivity index (χ4n) is 2.03. The van der Waals surface area contributed by atoms with Crippen molar-refractivity contribution in [1.29, 1.82) is 0 Å². The quantitative estimate of drug-likeness (QED) is 0.415. The molecule has 0 saturated carbocycles. The van der Waals surface area contributed by atoms with Gasteiger partial charge in [0.2, 0.25) is 0 Å². The Kier molecular flexibility index (Phi) is 6.67. The van der Waals surface area contributed by atoms with Crippen molar-refractivity contribution in [2.24, 2.45) is 5.92 Å². The smallest absolute Gasteiger partial charge is 0.428 e. The lowest BCUT2D eigenvalue weighted by atomic mass is 10.0. The van der Waals surface area contributed by atoms with Gasteiger partial charge in [0.05, 0.1) is 0 Å². The lowest BCUT2D eigenvalue weighted by Gasteiger charge is -2.19. The molecule has 2 unspecified atom stereocenters. The first kappa shape index (κ1) is 18.0. The summed E-state index contributed by atoms with van der Waals surface area (Å²) in [5.41, 5.74) is 1.35.